The Bertz CT molecular complexity index is 489. The van der Waals surface area contributed by atoms with Gasteiger partial charge in [0.25, 0.3) is 0 Å². The number of hydrogen-bond donors (Lipinski definition) is 1. The lowest BCUT2D eigenvalue weighted by Crippen LogP contribution is -1.99. The predicted octanol–water partition coefficient (Wildman–Crippen LogP) is 2.87. The molecule has 0 aliphatic rings. The summed E-state index contributed by atoms with van der Waals surface area (Å²) in [6.45, 7) is 0. The second-order valence-electron chi connectivity index (χ2n) is 2.97. The molecular weight excluding hydrogens is 216 g/mol. The summed E-state index contributed by atoms with van der Waals surface area (Å²) in [5, 5.41) is 9.89. The van der Waals surface area contributed by atoms with Crippen LogP contribution >= 0.6 is 11.6 Å². The van der Waals surface area contributed by atoms with Gasteiger partial charge in [0.2, 0.25) is 5.78 Å². The van der Waals surface area contributed by atoms with Gasteiger partial charge in [-0.1, -0.05) is 11.6 Å². The number of rotatable bonds is 2. The quantitative estimate of drug-likeness (QED) is 0.795. The first-order valence-corrected chi connectivity index (χ1v) is 4.63. The van der Waals surface area contributed by atoms with Gasteiger partial charge in [0.15, 0.2) is 5.76 Å². The van der Waals surface area contributed by atoms with E-state index in [2.05, 4.69) is 0 Å². The largest absolute Gasteiger partial charge is 0.507 e. The normalized spacial score (nSPS) is 10.2. The minimum absolute atomic E-state index is 0.149. The van der Waals surface area contributed by atoms with Crippen molar-refractivity contribution in [3.63, 3.8) is 0 Å². The lowest BCUT2D eigenvalue weighted by atomic mass is 10.1. The molecule has 0 fully saturated rings. The topological polar surface area (TPSA) is 50.4 Å². The Kier molecular flexibility index (Phi) is 2.47. The minimum atomic E-state index is -0.367. The molecule has 0 unspecified atom stereocenters. The van der Waals surface area contributed by atoms with Crippen LogP contribution in [0.4, 0.5) is 0 Å². The molecule has 0 aliphatic carbocycles. The van der Waals surface area contributed by atoms with Gasteiger partial charge in [-0.05, 0) is 30.3 Å². The number of furan rings is 1. The summed E-state index contributed by atoms with van der Waals surface area (Å²) in [5.74, 6) is -0.328. The predicted molar refractivity (Wildman–Crippen MR) is 55.3 cm³/mol. The van der Waals surface area contributed by atoms with E-state index in [0.29, 0.717) is 5.02 Å². The maximum absolute atomic E-state index is 11.7. The van der Waals surface area contributed by atoms with Crippen LogP contribution in [0.1, 0.15) is 16.1 Å². The van der Waals surface area contributed by atoms with Gasteiger partial charge in [-0.2, -0.15) is 0 Å². The third-order valence-electron chi connectivity index (χ3n) is 1.95. The van der Waals surface area contributed by atoms with Crippen LogP contribution in [0.15, 0.2) is 41.0 Å². The molecule has 1 aromatic heterocycles. The highest BCUT2D eigenvalue weighted by Crippen LogP contribution is 2.24. The van der Waals surface area contributed by atoms with Crippen molar-refractivity contribution >= 4 is 17.4 Å². The highest BCUT2D eigenvalue weighted by molar-refractivity contribution is 6.31. The van der Waals surface area contributed by atoms with E-state index in [4.69, 9.17) is 16.0 Å². The van der Waals surface area contributed by atoms with E-state index in [-0.39, 0.29) is 22.9 Å². The second kappa shape index (κ2) is 3.79. The number of phenolic OH excluding ortho intramolecular Hbond substituents is 1. The number of benzene rings is 1. The Balaban J connectivity index is 2.42. The number of carbonyl (C=O) groups is 1. The van der Waals surface area contributed by atoms with Crippen molar-refractivity contribution < 1.29 is 14.3 Å². The third-order valence-corrected chi connectivity index (χ3v) is 2.18. The number of carbonyl (C=O) groups excluding carboxylic acids is 1. The van der Waals surface area contributed by atoms with Gasteiger partial charge in [-0.25, -0.2) is 0 Å². The van der Waals surface area contributed by atoms with E-state index in [1.165, 1.54) is 30.5 Å². The Morgan fingerprint density at radius 3 is 2.73 bits per heavy atom. The molecule has 76 valence electrons. The molecule has 2 rings (SSSR count). The van der Waals surface area contributed by atoms with E-state index in [1.807, 2.05) is 0 Å². The average molecular weight is 223 g/mol. The molecule has 0 saturated carbocycles. The number of aromatic hydroxyl groups is 1. The molecule has 3 nitrogen and oxygen atoms in total. The first kappa shape index (κ1) is 9.80. The Morgan fingerprint density at radius 2 is 2.13 bits per heavy atom. The molecule has 0 aliphatic heterocycles. The molecule has 0 bridgehead atoms. The van der Waals surface area contributed by atoms with Gasteiger partial charge in [0.1, 0.15) is 5.75 Å². The maximum Gasteiger partial charge on any atom is 0.231 e. The molecule has 1 heterocycles. The fraction of sp³-hybridized carbons (Fsp3) is 0. The van der Waals surface area contributed by atoms with Crippen molar-refractivity contribution in [3.8, 4) is 5.75 Å². The molecule has 2 aromatic rings. The third kappa shape index (κ3) is 1.87. The SMILES string of the molecule is O=C(c1ccco1)c1ccc(Cl)cc1O. The summed E-state index contributed by atoms with van der Waals surface area (Å²) in [5.41, 5.74) is 0.175. The van der Waals surface area contributed by atoms with Crippen molar-refractivity contribution in [2.75, 3.05) is 0 Å². The van der Waals surface area contributed by atoms with Crippen LogP contribution in [0.3, 0.4) is 0 Å². The monoisotopic (exact) mass is 222 g/mol. The molecule has 0 saturated heterocycles. The molecule has 1 aromatic carbocycles. The van der Waals surface area contributed by atoms with Crippen molar-refractivity contribution in [3.05, 3.63) is 52.9 Å². The van der Waals surface area contributed by atoms with Crippen molar-refractivity contribution in [1.29, 1.82) is 0 Å². The van der Waals surface area contributed by atoms with E-state index in [0.717, 1.165) is 0 Å². The van der Waals surface area contributed by atoms with E-state index < -0.39 is 0 Å². The lowest BCUT2D eigenvalue weighted by molar-refractivity contribution is 0.101. The fourth-order valence-electron chi connectivity index (χ4n) is 1.24. The Labute approximate surface area is 90.9 Å². The first-order chi connectivity index (χ1) is 7.18. The van der Waals surface area contributed by atoms with E-state index in [1.54, 1.807) is 6.07 Å². The van der Waals surface area contributed by atoms with Crippen LogP contribution in [-0.4, -0.2) is 10.9 Å². The van der Waals surface area contributed by atoms with Crippen LogP contribution in [0.2, 0.25) is 5.02 Å². The fourth-order valence-corrected chi connectivity index (χ4v) is 1.40. The van der Waals surface area contributed by atoms with E-state index >= 15 is 0 Å². The molecule has 0 amide bonds. The molecule has 0 spiro atoms. The summed E-state index contributed by atoms with van der Waals surface area (Å²) in [4.78, 5) is 11.7. The number of ketones is 1. The summed E-state index contributed by atoms with van der Waals surface area (Å²) in [6.07, 6.45) is 1.40. The molecule has 1 N–H and O–H groups in total. The van der Waals surface area contributed by atoms with Crippen LogP contribution in [-0.2, 0) is 0 Å². The lowest BCUT2D eigenvalue weighted by Gasteiger charge is -2.01. The summed E-state index contributed by atoms with van der Waals surface area (Å²) < 4.78 is 4.94. The van der Waals surface area contributed by atoms with Crippen molar-refractivity contribution in [2.24, 2.45) is 0 Å². The van der Waals surface area contributed by atoms with Gasteiger partial charge in [-0.15, -0.1) is 0 Å². The second-order valence-corrected chi connectivity index (χ2v) is 3.40. The van der Waals surface area contributed by atoms with Gasteiger partial charge >= 0.3 is 0 Å². The average Bonchev–Trinajstić information content (AvgIpc) is 2.69. The van der Waals surface area contributed by atoms with Gasteiger partial charge in [-0.3, -0.25) is 4.79 Å². The zero-order valence-electron chi connectivity index (χ0n) is 7.61. The summed E-state index contributed by atoms with van der Waals surface area (Å²) in [7, 11) is 0. The first-order valence-electron chi connectivity index (χ1n) is 4.25. The summed E-state index contributed by atoms with van der Waals surface area (Å²) in [6, 6.07) is 7.47. The smallest absolute Gasteiger partial charge is 0.231 e. The minimum Gasteiger partial charge on any atom is -0.507 e. The highest BCUT2D eigenvalue weighted by Gasteiger charge is 2.15. The molecule has 4 heteroatoms. The highest BCUT2D eigenvalue weighted by atomic mass is 35.5. The zero-order chi connectivity index (χ0) is 10.8. The molecule has 15 heavy (non-hydrogen) atoms. The van der Waals surface area contributed by atoms with Crippen LogP contribution in [0, 0.1) is 0 Å². The van der Waals surface area contributed by atoms with Crippen LogP contribution < -0.4 is 0 Å². The van der Waals surface area contributed by atoms with Gasteiger partial charge in [0.05, 0.1) is 11.8 Å². The Morgan fingerprint density at radius 1 is 1.33 bits per heavy atom. The molecular formula is C11H7ClO3. The van der Waals surface area contributed by atoms with Crippen LogP contribution in [0.25, 0.3) is 0 Å². The van der Waals surface area contributed by atoms with Gasteiger partial charge < -0.3 is 9.52 Å². The molecule has 0 radical (unpaired) electrons. The van der Waals surface area contributed by atoms with Crippen molar-refractivity contribution in [2.45, 2.75) is 0 Å². The molecule has 0 atom stereocenters. The number of hydrogen-bond acceptors (Lipinski definition) is 3. The number of phenols is 1. The number of halogens is 1. The van der Waals surface area contributed by atoms with Crippen LogP contribution in [0.5, 0.6) is 5.75 Å². The van der Waals surface area contributed by atoms with Crippen molar-refractivity contribution in [1.82, 2.24) is 0 Å². The van der Waals surface area contributed by atoms with E-state index in [9.17, 15) is 9.90 Å². The van der Waals surface area contributed by atoms with Gasteiger partial charge in [0, 0.05) is 5.02 Å². The summed E-state index contributed by atoms with van der Waals surface area (Å²) >= 11 is 5.65. The standard InChI is InChI=1S/C11H7ClO3/c12-7-3-4-8(9(13)6-7)11(14)10-2-1-5-15-10/h1-6,13H. The Hall–Kier alpha value is -1.74. The maximum atomic E-state index is 11.7. The zero-order valence-corrected chi connectivity index (χ0v) is 8.36.